The van der Waals surface area contributed by atoms with Crippen molar-refractivity contribution in [3.63, 3.8) is 0 Å². The van der Waals surface area contributed by atoms with Gasteiger partial charge in [0.25, 0.3) is 5.91 Å². The Kier molecular flexibility index (Phi) is 6.42. The topological polar surface area (TPSA) is 75.9 Å². The molecule has 4 rings (SSSR count). The number of benzene rings is 1. The first-order valence-electron chi connectivity index (χ1n) is 10.7. The number of hydrogen-bond acceptors (Lipinski definition) is 6. The molecule has 1 aliphatic rings. The molecule has 2 aromatic heterocycles. The third-order valence-electron chi connectivity index (χ3n) is 5.93. The number of rotatable bonds is 5. The number of alkyl halides is 3. The summed E-state index contributed by atoms with van der Waals surface area (Å²) >= 11 is 0.469. The SMILES string of the molecule is Cc1ccc(-c2cnn(C)c2)c(C(=O)N2CCC[C@@H](C)C2CNc2nnc(C(F)(F)F)s2)c1. The largest absolute Gasteiger partial charge is 0.445 e. The molecule has 1 unspecified atom stereocenters. The Labute approximate surface area is 193 Å². The zero-order chi connectivity index (χ0) is 23.8. The highest BCUT2D eigenvalue weighted by Crippen LogP contribution is 2.34. The maximum Gasteiger partial charge on any atom is 0.445 e. The minimum Gasteiger partial charge on any atom is -0.358 e. The van der Waals surface area contributed by atoms with Gasteiger partial charge in [0.1, 0.15) is 0 Å². The smallest absolute Gasteiger partial charge is 0.358 e. The average Bonchev–Trinajstić information content (AvgIpc) is 3.41. The predicted molar refractivity (Wildman–Crippen MR) is 120 cm³/mol. The molecule has 0 bridgehead atoms. The molecule has 0 aliphatic carbocycles. The molecule has 11 heteroatoms. The quantitative estimate of drug-likeness (QED) is 0.579. The molecule has 7 nitrogen and oxygen atoms in total. The number of piperidine rings is 1. The predicted octanol–water partition coefficient (Wildman–Crippen LogP) is 4.62. The van der Waals surface area contributed by atoms with E-state index in [0.29, 0.717) is 30.0 Å². The van der Waals surface area contributed by atoms with Crippen LogP contribution in [0.15, 0.2) is 30.6 Å². The lowest BCUT2D eigenvalue weighted by molar-refractivity contribution is -0.138. The lowest BCUT2D eigenvalue weighted by Crippen LogP contribution is -2.51. The van der Waals surface area contributed by atoms with Gasteiger partial charge in [-0.3, -0.25) is 9.48 Å². The van der Waals surface area contributed by atoms with E-state index in [1.807, 2.05) is 43.3 Å². The second kappa shape index (κ2) is 9.12. The summed E-state index contributed by atoms with van der Waals surface area (Å²) in [6, 6.07) is 5.59. The van der Waals surface area contributed by atoms with Gasteiger partial charge in [-0.1, -0.05) is 36.0 Å². The van der Waals surface area contributed by atoms with Crippen LogP contribution in [0.2, 0.25) is 0 Å². The maximum absolute atomic E-state index is 13.8. The first-order chi connectivity index (χ1) is 15.6. The molecule has 0 saturated carbocycles. The van der Waals surface area contributed by atoms with Crippen molar-refractivity contribution in [2.45, 2.75) is 38.9 Å². The van der Waals surface area contributed by atoms with E-state index < -0.39 is 11.2 Å². The van der Waals surface area contributed by atoms with Crippen LogP contribution in [0.25, 0.3) is 11.1 Å². The summed E-state index contributed by atoms with van der Waals surface area (Å²) in [6.07, 6.45) is 0.878. The minimum absolute atomic E-state index is 0.0934. The number of nitrogens with one attached hydrogen (secondary N) is 1. The highest BCUT2D eigenvalue weighted by Gasteiger charge is 2.36. The van der Waals surface area contributed by atoms with E-state index >= 15 is 0 Å². The monoisotopic (exact) mass is 478 g/mol. The van der Waals surface area contributed by atoms with Crippen molar-refractivity contribution in [2.75, 3.05) is 18.4 Å². The van der Waals surface area contributed by atoms with Crippen molar-refractivity contribution in [1.82, 2.24) is 24.9 Å². The lowest BCUT2D eigenvalue weighted by atomic mass is 9.89. The van der Waals surface area contributed by atoms with Crippen LogP contribution in [0.4, 0.5) is 18.3 Å². The fraction of sp³-hybridized carbons (Fsp3) is 0.455. The molecule has 1 aliphatic heterocycles. The zero-order valence-electron chi connectivity index (χ0n) is 18.6. The minimum atomic E-state index is -4.52. The van der Waals surface area contributed by atoms with Crippen molar-refractivity contribution < 1.29 is 18.0 Å². The molecule has 1 fully saturated rings. The number of aromatic nitrogens is 4. The van der Waals surface area contributed by atoms with E-state index in [2.05, 4.69) is 27.5 Å². The Morgan fingerprint density at radius 2 is 2.09 bits per heavy atom. The molecule has 176 valence electrons. The molecule has 33 heavy (non-hydrogen) atoms. The molecule has 1 aromatic carbocycles. The summed E-state index contributed by atoms with van der Waals surface area (Å²) in [7, 11) is 1.82. The molecule has 1 N–H and O–H groups in total. The van der Waals surface area contributed by atoms with Gasteiger partial charge in [-0.05, 0) is 37.3 Å². The van der Waals surface area contributed by atoms with Crippen LogP contribution in [0, 0.1) is 12.8 Å². The van der Waals surface area contributed by atoms with Gasteiger partial charge in [0.15, 0.2) is 0 Å². The van der Waals surface area contributed by atoms with Gasteiger partial charge >= 0.3 is 6.18 Å². The van der Waals surface area contributed by atoms with Crippen molar-refractivity contribution in [1.29, 1.82) is 0 Å². The Bertz CT molecular complexity index is 1140. The highest BCUT2D eigenvalue weighted by atomic mass is 32.1. The standard InChI is InChI=1S/C22H25F3N6OS/c1-13-6-7-16(15-10-27-30(3)12-15)17(9-13)19(32)31-8-4-5-14(2)18(31)11-26-21-29-28-20(33-21)22(23,24)25/h6-7,9-10,12,14,18H,4-5,8,11H2,1-3H3,(H,26,29)/t14-,18?/m1/s1. The number of nitrogens with zero attached hydrogens (tertiary/aromatic N) is 5. The first kappa shape index (κ1) is 23.2. The van der Waals surface area contributed by atoms with Crippen LogP contribution in [0.3, 0.4) is 0 Å². The molecule has 0 radical (unpaired) electrons. The van der Waals surface area contributed by atoms with E-state index in [9.17, 15) is 18.0 Å². The second-order valence-electron chi connectivity index (χ2n) is 8.43. The van der Waals surface area contributed by atoms with Crippen molar-refractivity contribution in [3.8, 4) is 11.1 Å². The third-order valence-corrected chi connectivity index (χ3v) is 6.85. The van der Waals surface area contributed by atoms with E-state index in [-0.39, 0.29) is 23.0 Å². The zero-order valence-corrected chi connectivity index (χ0v) is 19.4. The number of hydrogen-bond donors (Lipinski definition) is 1. The van der Waals surface area contributed by atoms with Crippen LogP contribution >= 0.6 is 11.3 Å². The van der Waals surface area contributed by atoms with Gasteiger partial charge in [0.05, 0.1) is 12.2 Å². The number of halogens is 3. The molecule has 0 spiro atoms. The van der Waals surface area contributed by atoms with E-state index in [0.717, 1.165) is 29.5 Å². The van der Waals surface area contributed by atoms with Crippen LogP contribution in [0.5, 0.6) is 0 Å². The van der Waals surface area contributed by atoms with Crippen molar-refractivity contribution >= 4 is 22.4 Å². The summed E-state index contributed by atoms with van der Waals surface area (Å²) in [5, 5.41) is 13.1. The maximum atomic E-state index is 13.8. The van der Waals surface area contributed by atoms with Crippen LogP contribution in [-0.4, -0.2) is 49.9 Å². The van der Waals surface area contributed by atoms with Crippen LogP contribution in [-0.2, 0) is 13.2 Å². The van der Waals surface area contributed by atoms with Gasteiger partial charge in [-0.15, -0.1) is 10.2 Å². The molecular formula is C22H25F3N6OS. The summed E-state index contributed by atoms with van der Waals surface area (Å²) in [5.41, 5.74) is 3.23. The van der Waals surface area contributed by atoms with Crippen LogP contribution in [0.1, 0.15) is 40.7 Å². The number of carbonyl (C=O) groups is 1. The fourth-order valence-electron chi connectivity index (χ4n) is 4.22. The van der Waals surface area contributed by atoms with Gasteiger partial charge in [-0.25, -0.2) is 0 Å². The summed E-state index contributed by atoms with van der Waals surface area (Å²) in [4.78, 5) is 15.6. The van der Waals surface area contributed by atoms with E-state index in [4.69, 9.17) is 0 Å². The molecule has 3 aromatic rings. The average molecular weight is 479 g/mol. The number of carbonyl (C=O) groups excluding carboxylic acids is 1. The van der Waals surface area contributed by atoms with Crippen molar-refractivity contribution in [3.05, 3.63) is 46.7 Å². The number of anilines is 1. The summed E-state index contributed by atoms with van der Waals surface area (Å²) in [5.74, 6) is 0.0843. The Balaban J connectivity index is 1.58. The molecule has 3 heterocycles. The van der Waals surface area contributed by atoms with Gasteiger partial charge in [-0.2, -0.15) is 18.3 Å². The van der Waals surface area contributed by atoms with Crippen molar-refractivity contribution in [2.24, 2.45) is 13.0 Å². The lowest BCUT2D eigenvalue weighted by Gasteiger charge is -2.40. The normalized spacial score (nSPS) is 19.0. The fourth-order valence-corrected chi connectivity index (χ4v) is 4.83. The number of aryl methyl sites for hydroxylation is 2. The van der Waals surface area contributed by atoms with E-state index in [1.165, 1.54) is 0 Å². The molecule has 2 atom stereocenters. The Morgan fingerprint density at radius 3 is 2.76 bits per heavy atom. The highest BCUT2D eigenvalue weighted by molar-refractivity contribution is 7.15. The van der Waals surface area contributed by atoms with Gasteiger partial charge in [0.2, 0.25) is 10.1 Å². The Hall–Kier alpha value is -2.95. The molecule has 1 amide bonds. The first-order valence-corrected chi connectivity index (χ1v) is 11.5. The third kappa shape index (κ3) is 5.02. The van der Waals surface area contributed by atoms with E-state index in [1.54, 1.807) is 10.9 Å². The molecular weight excluding hydrogens is 453 g/mol. The summed E-state index contributed by atoms with van der Waals surface area (Å²) < 4.78 is 40.2. The number of amides is 1. The van der Waals surface area contributed by atoms with Crippen LogP contribution < -0.4 is 5.32 Å². The Morgan fingerprint density at radius 1 is 1.30 bits per heavy atom. The van der Waals surface area contributed by atoms with Gasteiger partial charge in [0, 0.05) is 37.5 Å². The summed E-state index contributed by atoms with van der Waals surface area (Å²) in [6.45, 7) is 4.88. The number of likely N-dealkylation sites (tertiary alicyclic amines) is 1. The van der Waals surface area contributed by atoms with Gasteiger partial charge < -0.3 is 10.2 Å². The molecule has 1 saturated heterocycles. The second-order valence-corrected chi connectivity index (χ2v) is 9.41.